The molecule has 2 aromatic rings. The fraction of sp³-hybridized carbons (Fsp3) is 0.263. The summed E-state index contributed by atoms with van der Waals surface area (Å²) >= 11 is 0. The predicted octanol–water partition coefficient (Wildman–Crippen LogP) is 3.52. The fourth-order valence-electron chi connectivity index (χ4n) is 2.09. The Morgan fingerprint density at radius 3 is 2.29 bits per heavy atom. The molecule has 1 heterocycles. The number of carbonyl (C=O) groups is 2. The molecule has 0 saturated heterocycles. The zero-order valence-electron chi connectivity index (χ0n) is 14.3. The highest BCUT2D eigenvalue weighted by Crippen LogP contribution is 2.22. The van der Waals surface area contributed by atoms with Gasteiger partial charge in [-0.1, -0.05) is 32.9 Å². The average Bonchev–Trinajstić information content (AvgIpc) is 3.05. The van der Waals surface area contributed by atoms with Gasteiger partial charge in [0.15, 0.2) is 0 Å². The molecule has 0 bridgehead atoms. The first-order valence-electron chi connectivity index (χ1n) is 7.56. The van der Waals surface area contributed by atoms with Crippen LogP contribution in [0.4, 0.5) is 0 Å². The number of esters is 1. The van der Waals surface area contributed by atoms with E-state index < -0.39 is 11.9 Å². The normalized spacial score (nSPS) is 11.9. The molecule has 0 unspecified atom stereocenters. The Balaban J connectivity index is 2.20. The first-order valence-corrected chi connectivity index (χ1v) is 7.56. The summed E-state index contributed by atoms with van der Waals surface area (Å²) < 4.78 is 9.86. The van der Waals surface area contributed by atoms with Gasteiger partial charge < -0.3 is 14.5 Å². The molecule has 1 N–H and O–H groups in total. The van der Waals surface area contributed by atoms with E-state index in [0.29, 0.717) is 11.3 Å². The molecule has 24 heavy (non-hydrogen) atoms. The predicted molar refractivity (Wildman–Crippen MR) is 91.3 cm³/mol. The van der Waals surface area contributed by atoms with E-state index in [0.717, 1.165) is 5.56 Å². The lowest BCUT2D eigenvalue weighted by molar-refractivity contribution is -0.136. The van der Waals surface area contributed by atoms with Crippen LogP contribution in [-0.2, 0) is 14.9 Å². The van der Waals surface area contributed by atoms with Crippen LogP contribution in [0.2, 0.25) is 0 Å². The van der Waals surface area contributed by atoms with Gasteiger partial charge in [0.1, 0.15) is 11.5 Å². The molecule has 1 amide bonds. The second-order valence-corrected chi connectivity index (χ2v) is 6.35. The number of carbonyl (C=O) groups excluding carboxylic acids is 2. The number of methoxy groups -OCH3 is 1. The summed E-state index contributed by atoms with van der Waals surface area (Å²) in [4.78, 5) is 24.2. The van der Waals surface area contributed by atoms with E-state index in [1.54, 1.807) is 24.3 Å². The van der Waals surface area contributed by atoms with Crippen LogP contribution >= 0.6 is 0 Å². The van der Waals surface area contributed by atoms with Crippen molar-refractivity contribution in [3.63, 3.8) is 0 Å². The SMILES string of the molecule is COC(=O)/C(=C\c1ccco1)NC(=O)c1ccc(C(C)(C)C)cc1. The van der Waals surface area contributed by atoms with Gasteiger partial charge in [0.05, 0.1) is 13.4 Å². The summed E-state index contributed by atoms with van der Waals surface area (Å²) in [6.07, 6.45) is 2.90. The lowest BCUT2D eigenvalue weighted by atomic mass is 9.87. The highest BCUT2D eigenvalue weighted by molar-refractivity contribution is 6.03. The Morgan fingerprint density at radius 2 is 1.79 bits per heavy atom. The lowest BCUT2D eigenvalue weighted by Gasteiger charge is -2.19. The number of rotatable bonds is 4. The van der Waals surface area contributed by atoms with Gasteiger partial charge in [-0.3, -0.25) is 4.79 Å². The van der Waals surface area contributed by atoms with Crippen molar-refractivity contribution in [3.05, 3.63) is 65.2 Å². The van der Waals surface area contributed by atoms with E-state index in [4.69, 9.17) is 9.15 Å². The van der Waals surface area contributed by atoms with E-state index in [9.17, 15) is 9.59 Å². The Bertz CT molecular complexity index is 735. The zero-order valence-corrected chi connectivity index (χ0v) is 14.3. The smallest absolute Gasteiger partial charge is 0.354 e. The molecule has 0 fully saturated rings. The maximum absolute atomic E-state index is 12.4. The molecule has 0 radical (unpaired) electrons. The van der Waals surface area contributed by atoms with Crippen LogP contribution in [0.1, 0.15) is 42.5 Å². The third kappa shape index (κ3) is 4.35. The monoisotopic (exact) mass is 327 g/mol. The maximum atomic E-state index is 12.4. The number of furan rings is 1. The molecule has 5 nitrogen and oxygen atoms in total. The van der Waals surface area contributed by atoms with Gasteiger partial charge in [0, 0.05) is 11.6 Å². The van der Waals surface area contributed by atoms with Crippen LogP contribution in [0.3, 0.4) is 0 Å². The van der Waals surface area contributed by atoms with Gasteiger partial charge in [-0.25, -0.2) is 4.79 Å². The number of hydrogen-bond donors (Lipinski definition) is 1. The highest BCUT2D eigenvalue weighted by Gasteiger charge is 2.17. The highest BCUT2D eigenvalue weighted by atomic mass is 16.5. The molecular weight excluding hydrogens is 306 g/mol. The molecule has 0 aliphatic carbocycles. The van der Waals surface area contributed by atoms with Crippen molar-refractivity contribution in [1.29, 1.82) is 0 Å². The molecule has 0 atom stereocenters. The lowest BCUT2D eigenvalue weighted by Crippen LogP contribution is -2.28. The van der Waals surface area contributed by atoms with Crippen molar-refractivity contribution >= 4 is 18.0 Å². The van der Waals surface area contributed by atoms with Crippen molar-refractivity contribution in [1.82, 2.24) is 5.32 Å². The van der Waals surface area contributed by atoms with E-state index >= 15 is 0 Å². The van der Waals surface area contributed by atoms with Crippen LogP contribution < -0.4 is 5.32 Å². The summed E-state index contributed by atoms with van der Waals surface area (Å²) in [5.41, 5.74) is 1.60. The van der Waals surface area contributed by atoms with Gasteiger partial charge in [0.25, 0.3) is 5.91 Å². The van der Waals surface area contributed by atoms with E-state index in [2.05, 4.69) is 26.1 Å². The van der Waals surface area contributed by atoms with Gasteiger partial charge in [0.2, 0.25) is 0 Å². The Kier molecular flexibility index (Phi) is 5.24. The second-order valence-electron chi connectivity index (χ2n) is 6.35. The van der Waals surface area contributed by atoms with Gasteiger partial charge in [-0.05, 0) is 35.2 Å². The Morgan fingerprint density at radius 1 is 1.12 bits per heavy atom. The summed E-state index contributed by atoms with van der Waals surface area (Å²) in [6.45, 7) is 6.30. The molecular formula is C19H21NO4. The van der Waals surface area contributed by atoms with Gasteiger partial charge in [-0.15, -0.1) is 0 Å². The molecule has 2 rings (SSSR count). The summed E-state index contributed by atoms with van der Waals surface area (Å²) in [5.74, 6) is -0.594. The number of benzene rings is 1. The van der Waals surface area contributed by atoms with Gasteiger partial charge >= 0.3 is 5.97 Å². The fourth-order valence-corrected chi connectivity index (χ4v) is 2.09. The first-order chi connectivity index (χ1) is 11.3. The standard InChI is InChI=1S/C19H21NO4/c1-19(2,3)14-9-7-13(8-10-14)17(21)20-16(18(22)23-4)12-15-6-5-11-24-15/h5-12H,1-4H3,(H,20,21)/b16-12+. The molecule has 1 aromatic carbocycles. The Labute approximate surface area is 141 Å². The molecule has 0 saturated carbocycles. The second kappa shape index (κ2) is 7.17. The third-order valence-corrected chi connectivity index (χ3v) is 3.50. The van der Waals surface area contributed by atoms with Crippen LogP contribution in [0.5, 0.6) is 0 Å². The molecule has 1 aromatic heterocycles. The molecule has 0 spiro atoms. The number of hydrogen-bond acceptors (Lipinski definition) is 4. The van der Waals surface area contributed by atoms with Gasteiger partial charge in [-0.2, -0.15) is 0 Å². The van der Waals surface area contributed by atoms with Crippen molar-refractivity contribution in [2.75, 3.05) is 7.11 Å². The number of amides is 1. The Hall–Kier alpha value is -2.82. The van der Waals surface area contributed by atoms with E-state index in [1.807, 2.05) is 12.1 Å². The van der Waals surface area contributed by atoms with E-state index in [-0.39, 0.29) is 11.1 Å². The first kappa shape index (κ1) is 17.5. The maximum Gasteiger partial charge on any atom is 0.354 e. The molecule has 5 heteroatoms. The summed E-state index contributed by atoms with van der Waals surface area (Å²) in [7, 11) is 1.25. The summed E-state index contributed by atoms with van der Waals surface area (Å²) in [5, 5.41) is 2.57. The van der Waals surface area contributed by atoms with Crippen LogP contribution in [-0.4, -0.2) is 19.0 Å². The molecule has 0 aliphatic heterocycles. The average molecular weight is 327 g/mol. The third-order valence-electron chi connectivity index (χ3n) is 3.50. The number of nitrogens with one attached hydrogen (secondary N) is 1. The van der Waals surface area contributed by atoms with E-state index in [1.165, 1.54) is 19.4 Å². The van der Waals surface area contributed by atoms with Crippen LogP contribution in [0.15, 0.2) is 52.8 Å². The van der Waals surface area contributed by atoms with Crippen LogP contribution in [0, 0.1) is 0 Å². The molecule has 0 aliphatic rings. The van der Waals surface area contributed by atoms with Crippen molar-refractivity contribution < 1.29 is 18.7 Å². The van der Waals surface area contributed by atoms with Crippen molar-refractivity contribution in [3.8, 4) is 0 Å². The molecule has 126 valence electrons. The minimum atomic E-state index is -0.647. The van der Waals surface area contributed by atoms with Crippen molar-refractivity contribution in [2.24, 2.45) is 0 Å². The number of ether oxygens (including phenoxy) is 1. The minimum absolute atomic E-state index is 0.00533. The topological polar surface area (TPSA) is 68.5 Å². The largest absolute Gasteiger partial charge is 0.465 e. The quantitative estimate of drug-likeness (QED) is 0.689. The summed E-state index contributed by atoms with van der Waals surface area (Å²) in [6, 6.07) is 10.6. The van der Waals surface area contributed by atoms with Crippen molar-refractivity contribution in [2.45, 2.75) is 26.2 Å². The zero-order chi connectivity index (χ0) is 17.7. The van der Waals surface area contributed by atoms with Crippen LogP contribution in [0.25, 0.3) is 6.08 Å². The minimum Gasteiger partial charge on any atom is -0.465 e.